The number of hydrogen-bond donors (Lipinski definition) is 1. The molecule has 1 N–H and O–H groups in total. The number of aromatic nitrogens is 1. The van der Waals surface area contributed by atoms with Gasteiger partial charge in [-0.3, -0.25) is 14.5 Å². The van der Waals surface area contributed by atoms with Gasteiger partial charge in [0, 0.05) is 23.1 Å². The summed E-state index contributed by atoms with van der Waals surface area (Å²) in [6, 6.07) is 7.56. The van der Waals surface area contributed by atoms with Crippen LogP contribution in [0.2, 0.25) is 0 Å². The van der Waals surface area contributed by atoms with Crippen LogP contribution in [0, 0.1) is 12.8 Å². The monoisotopic (exact) mass is 357 g/mol. The number of piperidine rings is 1. The third-order valence-corrected chi connectivity index (χ3v) is 5.51. The maximum Gasteiger partial charge on any atom is 0.243 e. The third kappa shape index (κ3) is 4.32. The Balaban J connectivity index is 1.53. The smallest absolute Gasteiger partial charge is 0.243 e. The molecule has 1 aliphatic heterocycles. The highest BCUT2D eigenvalue weighted by Gasteiger charge is 2.30. The topological polar surface area (TPSA) is 62.3 Å². The lowest BCUT2D eigenvalue weighted by molar-refractivity contribution is -0.121. The van der Waals surface area contributed by atoms with Gasteiger partial charge in [-0.25, -0.2) is 4.98 Å². The van der Waals surface area contributed by atoms with Gasteiger partial charge in [-0.15, -0.1) is 11.3 Å². The minimum absolute atomic E-state index is 0.0433. The summed E-state index contributed by atoms with van der Waals surface area (Å²) in [5.41, 5.74) is 1.95. The number of ketones is 1. The average Bonchev–Trinajstić information content (AvgIpc) is 3.14. The maximum atomic E-state index is 12.6. The zero-order valence-corrected chi connectivity index (χ0v) is 15.4. The lowest BCUT2D eigenvalue weighted by Crippen LogP contribution is -2.47. The van der Waals surface area contributed by atoms with Gasteiger partial charge in [-0.1, -0.05) is 29.8 Å². The van der Waals surface area contributed by atoms with Crippen molar-refractivity contribution < 1.29 is 9.59 Å². The zero-order chi connectivity index (χ0) is 17.8. The number of amides is 1. The highest BCUT2D eigenvalue weighted by Crippen LogP contribution is 2.24. The number of thiazole rings is 1. The fraction of sp³-hybridized carbons (Fsp3) is 0.421. The lowest BCUT2D eigenvalue weighted by atomic mass is 9.88. The predicted molar refractivity (Wildman–Crippen MR) is 100 cm³/mol. The van der Waals surface area contributed by atoms with Crippen LogP contribution in [-0.4, -0.2) is 40.7 Å². The Hall–Kier alpha value is -2.05. The van der Waals surface area contributed by atoms with Gasteiger partial charge in [0.1, 0.15) is 0 Å². The first-order chi connectivity index (χ1) is 12.0. The largest absolute Gasteiger partial charge is 0.301 e. The Morgan fingerprint density at radius 3 is 2.52 bits per heavy atom. The molecular formula is C19H23N3O2S. The highest BCUT2D eigenvalue weighted by atomic mass is 32.1. The summed E-state index contributed by atoms with van der Waals surface area (Å²) in [6.45, 7) is 5.44. The van der Waals surface area contributed by atoms with Crippen molar-refractivity contribution >= 4 is 28.2 Å². The number of carbonyl (C=O) groups is 2. The minimum Gasteiger partial charge on any atom is -0.301 e. The number of aryl methyl sites for hydroxylation is 1. The molecule has 2 aromatic rings. The predicted octanol–water partition coefficient (Wildman–Crippen LogP) is 3.37. The van der Waals surface area contributed by atoms with E-state index >= 15 is 0 Å². The van der Waals surface area contributed by atoms with E-state index in [1.807, 2.05) is 43.5 Å². The van der Waals surface area contributed by atoms with Crippen LogP contribution < -0.4 is 5.32 Å². The van der Waals surface area contributed by atoms with Crippen LogP contribution in [0.4, 0.5) is 5.13 Å². The summed E-state index contributed by atoms with van der Waals surface area (Å²) in [5.74, 6) is 0.228. The van der Waals surface area contributed by atoms with E-state index in [2.05, 4.69) is 15.2 Å². The summed E-state index contributed by atoms with van der Waals surface area (Å²) < 4.78 is 0. The fourth-order valence-corrected chi connectivity index (χ4v) is 3.70. The Morgan fingerprint density at radius 2 is 1.92 bits per heavy atom. The van der Waals surface area contributed by atoms with E-state index in [1.165, 1.54) is 11.3 Å². The van der Waals surface area contributed by atoms with E-state index in [4.69, 9.17) is 0 Å². The summed E-state index contributed by atoms with van der Waals surface area (Å²) in [5, 5.41) is 5.31. The molecule has 25 heavy (non-hydrogen) atoms. The standard InChI is InChI=1S/C19H23N3O2S/c1-13-3-5-15(6-4-13)17(23)16-7-10-22(11-8-16)14(2)18(24)21-19-20-9-12-25-19/h3-6,9,12,14,16H,7-8,10-11H2,1-2H3,(H,20,21,24). The van der Waals surface area contributed by atoms with Crippen molar-refractivity contribution in [3.63, 3.8) is 0 Å². The molecule has 0 aliphatic carbocycles. The van der Waals surface area contributed by atoms with Crippen LogP contribution in [0.1, 0.15) is 35.7 Å². The molecule has 132 valence electrons. The van der Waals surface area contributed by atoms with Crippen molar-refractivity contribution in [3.05, 3.63) is 47.0 Å². The van der Waals surface area contributed by atoms with E-state index in [0.29, 0.717) is 5.13 Å². The number of nitrogens with zero attached hydrogens (tertiary/aromatic N) is 2. The van der Waals surface area contributed by atoms with Gasteiger partial charge >= 0.3 is 0 Å². The minimum atomic E-state index is -0.223. The Bertz CT molecular complexity index is 720. The van der Waals surface area contributed by atoms with Crippen LogP contribution in [-0.2, 0) is 4.79 Å². The van der Waals surface area contributed by atoms with Gasteiger partial charge < -0.3 is 5.32 Å². The van der Waals surface area contributed by atoms with Crippen LogP contribution in [0.25, 0.3) is 0 Å². The fourth-order valence-electron chi connectivity index (χ4n) is 3.16. The first-order valence-corrected chi connectivity index (χ1v) is 9.48. The molecule has 5 nitrogen and oxygen atoms in total. The molecule has 0 spiro atoms. The van der Waals surface area contributed by atoms with E-state index in [9.17, 15) is 9.59 Å². The van der Waals surface area contributed by atoms with E-state index in [-0.39, 0.29) is 23.7 Å². The summed E-state index contributed by atoms with van der Waals surface area (Å²) >= 11 is 1.41. The van der Waals surface area contributed by atoms with Crippen molar-refractivity contribution in [2.75, 3.05) is 18.4 Å². The molecule has 1 aliphatic rings. The molecular weight excluding hydrogens is 334 g/mol. The first kappa shape index (κ1) is 17.8. The number of carbonyl (C=O) groups excluding carboxylic acids is 2. The van der Waals surface area contributed by atoms with Crippen molar-refractivity contribution in [1.82, 2.24) is 9.88 Å². The molecule has 2 heterocycles. The maximum absolute atomic E-state index is 12.6. The summed E-state index contributed by atoms with van der Waals surface area (Å²) in [4.78, 5) is 31.2. The summed E-state index contributed by atoms with van der Waals surface area (Å²) in [7, 11) is 0. The molecule has 1 aromatic carbocycles. The summed E-state index contributed by atoms with van der Waals surface area (Å²) in [6.07, 6.45) is 3.26. The molecule has 0 radical (unpaired) electrons. The molecule has 6 heteroatoms. The lowest BCUT2D eigenvalue weighted by Gasteiger charge is -2.34. The van der Waals surface area contributed by atoms with Gasteiger partial charge in [0.05, 0.1) is 6.04 Å². The number of likely N-dealkylation sites (tertiary alicyclic amines) is 1. The molecule has 1 atom stereocenters. The van der Waals surface area contributed by atoms with Crippen molar-refractivity contribution in [2.24, 2.45) is 5.92 Å². The van der Waals surface area contributed by atoms with Crippen molar-refractivity contribution in [3.8, 4) is 0 Å². The van der Waals surface area contributed by atoms with E-state index in [0.717, 1.165) is 37.1 Å². The van der Waals surface area contributed by atoms with Crippen LogP contribution in [0.5, 0.6) is 0 Å². The first-order valence-electron chi connectivity index (χ1n) is 8.60. The van der Waals surface area contributed by atoms with Gasteiger partial charge in [-0.2, -0.15) is 0 Å². The Kier molecular flexibility index (Phi) is 5.60. The average molecular weight is 357 g/mol. The Morgan fingerprint density at radius 1 is 1.24 bits per heavy atom. The van der Waals surface area contributed by atoms with Crippen molar-refractivity contribution in [2.45, 2.75) is 32.7 Å². The van der Waals surface area contributed by atoms with E-state index < -0.39 is 0 Å². The SMILES string of the molecule is Cc1ccc(C(=O)C2CCN(C(C)C(=O)Nc3nccs3)CC2)cc1. The van der Waals surface area contributed by atoms with E-state index in [1.54, 1.807) is 6.20 Å². The second-order valence-electron chi connectivity index (χ2n) is 6.54. The quantitative estimate of drug-likeness (QED) is 0.834. The number of benzene rings is 1. The molecule has 0 bridgehead atoms. The molecule has 3 rings (SSSR count). The molecule has 0 saturated carbocycles. The molecule has 1 amide bonds. The molecule has 1 fully saturated rings. The van der Waals surface area contributed by atoms with Gasteiger partial charge in [0.15, 0.2) is 10.9 Å². The number of anilines is 1. The number of nitrogens with one attached hydrogen (secondary N) is 1. The number of hydrogen-bond acceptors (Lipinski definition) is 5. The highest BCUT2D eigenvalue weighted by molar-refractivity contribution is 7.13. The van der Waals surface area contributed by atoms with Gasteiger partial charge in [-0.05, 0) is 39.8 Å². The van der Waals surface area contributed by atoms with Crippen LogP contribution in [0.3, 0.4) is 0 Å². The molecule has 1 aromatic heterocycles. The van der Waals surface area contributed by atoms with Gasteiger partial charge in [0.25, 0.3) is 0 Å². The normalized spacial score (nSPS) is 17.2. The zero-order valence-electron chi connectivity index (χ0n) is 14.6. The third-order valence-electron chi connectivity index (χ3n) is 4.83. The molecule has 1 unspecified atom stereocenters. The second-order valence-corrected chi connectivity index (χ2v) is 7.44. The number of rotatable bonds is 5. The molecule has 1 saturated heterocycles. The second kappa shape index (κ2) is 7.89. The Labute approximate surface area is 152 Å². The van der Waals surface area contributed by atoms with Crippen LogP contribution >= 0.6 is 11.3 Å². The van der Waals surface area contributed by atoms with Crippen molar-refractivity contribution in [1.29, 1.82) is 0 Å². The van der Waals surface area contributed by atoms with Crippen LogP contribution in [0.15, 0.2) is 35.8 Å². The van der Waals surface area contributed by atoms with Gasteiger partial charge in [0.2, 0.25) is 5.91 Å². The number of Topliss-reactive ketones (excluding diaryl/α,β-unsaturated/α-hetero) is 1.